The SMILES string of the molecule is OCc1ccc(-n2cccn2)c(C(F)(F)F)c1. The normalized spacial score (nSPS) is 11.8. The van der Waals surface area contributed by atoms with Gasteiger partial charge in [0, 0.05) is 12.4 Å². The molecule has 0 saturated heterocycles. The topological polar surface area (TPSA) is 38.0 Å². The van der Waals surface area contributed by atoms with Crippen LogP contribution in [0.4, 0.5) is 13.2 Å². The van der Waals surface area contributed by atoms with Crippen LogP contribution in [0.15, 0.2) is 36.7 Å². The van der Waals surface area contributed by atoms with Gasteiger partial charge < -0.3 is 5.11 Å². The molecule has 0 aliphatic heterocycles. The molecule has 2 aromatic rings. The van der Waals surface area contributed by atoms with Gasteiger partial charge in [-0.15, -0.1) is 0 Å². The van der Waals surface area contributed by atoms with Gasteiger partial charge in [-0.1, -0.05) is 6.07 Å². The van der Waals surface area contributed by atoms with Crippen molar-refractivity contribution in [2.24, 2.45) is 0 Å². The second-order valence-electron chi connectivity index (χ2n) is 3.46. The summed E-state index contributed by atoms with van der Waals surface area (Å²) in [6.45, 7) is -0.428. The minimum atomic E-state index is -4.48. The number of nitrogens with zero attached hydrogens (tertiary/aromatic N) is 2. The van der Waals surface area contributed by atoms with E-state index in [1.807, 2.05) is 0 Å². The summed E-state index contributed by atoms with van der Waals surface area (Å²) < 4.78 is 39.6. The van der Waals surface area contributed by atoms with Crippen LogP contribution >= 0.6 is 0 Å². The van der Waals surface area contributed by atoms with E-state index < -0.39 is 18.3 Å². The minimum Gasteiger partial charge on any atom is -0.392 e. The minimum absolute atomic E-state index is 0.0558. The fourth-order valence-electron chi connectivity index (χ4n) is 1.52. The van der Waals surface area contributed by atoms with Crippen LogP contribution in [0.3, 0.4) is 0 Å². The molecule has 0 fully saturated rings. The zero-order valence-electron chi connectivity index (χ0n) is 8.65. The summed E-state index contributed by atoms with van der Waals surface area (Å²) in [6.07, 6.45) is -1.64. The van der Waals surface area contributed by atoms with Crippen molar-refractivity contribution >= 4 is 0 Å². The maximum atomic E-state index is 12.8. The second kappa shape index (κ2) is 4.21. The summed E-state index contributed by atoms with van der Waals surface area (Å²) in [4.78, 5) is 0. The summed E-state index contributed by atoms with van der Waals surface area (Å²) in [6, 6.07) is 5.20. The van der Waals surface area contributed by atoms with Gasteiger partial charge in [0.05, 0.1) is 17.9 Å². The number of benzene rings is 1. The fourth-order valence-corrected chi connectivity index (χ4v) is 1.52. The smallest absolute Gasteiger partial charge is 0.392 e. The molecule has 3 nitrogen and oxygen atoms in total. The highest BCUT2D eigenvalue weighted by atomic mass is 19.4. The van der Waals surface area contributed by atoms with Gasteiger partial charge in [0.1, 0.15) is 0 Å². The zero-order chi connectivity index (χ0) is 12.5. The van der Waals surface area contributed by atoms with E-state index in [-0.39, 0.29) is 11.3 Å². The number of aromatic nitrogens is 2. The van der Waals surface area contributed by atoms with E-state index in [2.05, 4.69) is 5.10 Å². The van der Waals surface area contributed by atoms with E-state index in [0.29, 0.717) is 0 Å². The van der Waals surface area contributed by atoms with Crippen LogP contribution in [-0.4, -0.2) is 14.9 Å². The van der Waals surface area contributed by atoms with E-state index >= 15 is 0 Å². The average molecular weight is 242 g/mol. The van der Waals surface area contributed by atoms with E-state index in [1.165, 1.54) is 24.5 Å². The third kappa shape index (κ3) is 2.31. The molecule has 0 bridgehead atoms. The highest BCUT2D eigenvalue weighted by molar-refractivity contribution is 5.44. The number of rotatable bonds is 2. The summed E-state index contributed by atoms with van der Waals surface area (Å²) in [5.74, 6) is 0. The molecule has 90 valence electrons. The number of aliphatic hydroxyl groups excluding tert-OH is 1. The van der Waals surface area contributed by atoms with Gasteiger partial charge in [0.2, 0.25) is 0 Å². The number of aliphatic hydroxyl groups is 1. The van der Waals surface area contributed by atoms with Gasteiger partial charge in [-0.25, -0.2) is 4.68 Å². The highest BCUT2D eigenvalue weighted by Gasteiger charge is 2.34. The third-order valence-corrected chi connectivity index (χ3v) is 2.30. The maximum Gasteiger partial charge on any atom is 0.418 e. The van der Waals surface area contributed by atoms with Crippen molar-refractivity contribution in [3.05, 3.63) is 47.8 Å². The Kier molecular flexibility index (Phi) is 2.89. The maximum absolute atomic E-state index is 12.8. The van der Waals surface area contributed by atoms with Gasteiger partial charge >= 0.3 is 6.18 Å². The molecule has 0 amide bonds. The number of hydrogen-bond donors (Lipinski definition) is 1. The average Bonchev–Trinajstić information content (AvgIpc) is 2.80. The van der Waals surface area contributed by atoms with E-state index in [0.717, 1.165) is 10.7 Å². The van der Waals surface area contributed by atoms with Gasteiger partial charge in [-0.2, -0.15) is 18.3 Å². The standard InChI is InChI=1S/C11H9F3N2O/c12-11(13,14)9-6-8(7-17)2-3-10(9)16-5-1-4-15-16/h1-6,17H,7H2. The lowest BCUT2D eigenvalue weighted by Gasteiger charge is -2.13. The first-order chi connectivity index (χ1) is 8.02. The number of alkyl halides is 3. The summed E-state index contributed by atoms with van der Waals surface area (Å²) in [5, 5.41) is 12.6. The van der Waals surface area contributed by atoms with Crippen molar-refractivity contribution in [2.45, 2.75) is 12.8 Å². The molecule has 0 aliphatic rings. The Hall–Kier alpha value is -1.82. The lowest BCUT2D eigenvalue weighted by atomic mass is 10.1. The molecule has 0 radical (unpaired) electrons. The first-order valence-corrected chi connectivity index (χ1v) is 4.83. The highest BCUT2D eigenvalue weighted by Crippen LogP contribution is 2.34. The largest absolute Gasteiger partial charge is 0.418 e. The fraction of sp³-hybridized carbons (Fsp3) is 0.182. The van der Waals surface area contributed by atoms with Crippen molar-refractivity contribution in [2.75, 3.05) is 0 Å². The van der Waals surface area contributed by atoms with E-state index in [9.17, 15) is 13.2 Å². The predicted octanol–water partition coefficient (Wildman–Crippen LogP) is 2.38. The molecule has 1 aromatic heterocycles. The summed E-state index contributed by atoms with van der Waals surface area (Å²) >= 11 is 0. The van der Waals surface area contributed by atoms with Crippen LogP contribution in [-0.2, 0) is 12.8 Å². The van der Waals surface area contributed by atoms with Crippen LogP contribution in [0.1, 0.15) is 11.1 Å². The van der Waals surface area contributed by atoms with Crippen LogP contribution in [0.25, 0.3) is 5.69 Å². The molecule has 1 N–H and O–H groups in total. The molecule has 1 heterocycles. The molecule has 6 heteroatoms. The van der Waals surface area contributed by atoms with Crippen molar-refractivity contribution in [1.29, 1.82) is 0 Å². The molecule has 0 spiro atoms. The second-order valence-corrected chi connectivity index (χ2v) is 3.46. The third-order valence-electron chi connectivity index (χ3n) is 2.30. The number of halogens is 3. The Labute approximate surface area is 95.1 Å². The molecule has 1 aromatic carbocycles. The molecular weight excluding hydrogens is 233 g/mol. The Bertz CT molecular complexity index is 506. The zero-order valence-corrected chi connectivity index (χ0v) is 8.65. The van der Waals surface area contributed by atoms with Crippen molar-refractivity contribution < 1.29 is 18.3 Å². The van der Waals surface area contributed by atoms with E-state index in [4.69, 9.17) is 5.11 Å². The van der Waals surface area contributed by atoms with Gasteiger partial charge in [-0.05, 0) is 23.8 Å². The summed E-state index contributed by atoms with van der Waals surface area (Å²) in [5.41, 5.74) is -0.652. The summed E-state index contributed by atoms with van der Waals surface area (Å²) in [7, 11) is 0. The molecule has 0 saturated carbocycles. The molecular formula is C11H9F3N2O. The van der Waals surface area contributed by atoms with Gasteiger partial charge in [0.15, 0.2) is 0 Å². The first-order valence-electron chi connectivity index (χ1n) is 4.83. The van der Waals surface area contributed by atoms with E-state index in [1.54, 1.807) is 6.07 Å². The monoisotopic (exact) mass is 242 g/mol. The molecule has 0 atom stereocenters. The predicted molar refractivity (Wildman–Crippen MR) is 54.5 cm³/mol. The molecule has 0 unspecified atom stereocenters. The van der Waals surface area contributed by atoms with Crippen LogP contribution in [0, 0.1) is 0 Å². The van der Waals surface area contributed by atoms with Crippen LogP contribution in [0.5, 0.6) is 0 Å². The van der Waals surface area contributed by atoms with Crippen LogP contribution in [0.2, 0.25) is 0 Å². The lowest BCUT2D eigenvalue weighted by molar-refractivity contribution is -0.137. The quantitative estimate of drug-likeness (QED) is 0.878. The Morgan fingerprint density at radius 2 is 2.06 bits per heavy atom. The van der Waals surface area contributed by atoms with Crippen molar-refractivity contribution in [3.8, 4) is 5.69 Å². The lowest BCUT2D eigenvalue weighted by Crippen LogP contribution is -2.11. The molecule has 2 rings (SSSR count). The Balaban J connectivity index is 2.59. The molecule has 0 aliphatic carbocycles. The Morgan fingerprint density at radius 1 is 1.29 bits per heavy atom. The van der Waals surface area contributed by atoms with Gasteiger partial charge in [-0.3, -0.25) is 0 Å². The van der Waals surface area contributed by atoms with Crippen molar-refractivity contribution in [3.63, 3.8) is 0 Å². The van der Waals surface area contributed by atoms with Gasteiger partial charge in [0.25, 0.3) is 0 Å². The Morgan fingerprint density at radius 3 is 2.59 bits per heavy atom. The number of hydrogen-bond acceptors (Lipinski definition) is 2. The first kappa shape index (κ1) is 11.7. The molecule has 17 heavy (non-hydrogen) atoms. The van der Waals surface area contributed by atoms with Crippen LogP contribution < -0.4 is 0 Å². The van der Waals surface area contributed by atoms with Crippen molar-refractivity contribution in [1.82, 2.24) is 9.78 Å².